The van der Waals surface area contributed by atoms with Crippen LogP contribution >= 0.6 is 0 Å². The second-order valence-electron chi connectivity index (χ2n) is 5.73. The summed E-state index contributed by atoms with van der Waals surface area (Å²) in [5, 5.41) is 9.79. The van der Waals surface area contributed by atoms with Crippen LogP contribution < -0.4 is 10.5 Å². The van der Waals surface area contributed by atoms with Crippen molar-refractivity contribution in [1.82, 2.24) is 0 Å². The van der Waals surface area contributed by atoms with Gasteiger partial charge in [0.2, 0.25) is 0 Å². The highest BCUT2D eigenvalue weighted by Gasteiger charge is 2.16. The third-order valence-corrected chi connectivity index (χ3v) is 3.40. The van der Waals surface area contributed by atoms with Gasteiger partial charge in [0.15, 0.2) is 0 Å². The number of ether oxygens (including phenoxy) is 1. The smallest absolute Gasteiger partial charge is 0.125 e. The van der Waals surface area contributed by atoms with Crippen molar-refractivity contribution in [2.75, 3.05) is 13.2 Å². The molecule has 0 saturated carbocycles. The minimum atomic E-state index is -0.740. The van der Waals surface area contributed by atoms with Gasteiger partial charge in [-0.2, -0.15) is 0 Å². The first kappa shape index (κ1) is 16.0. The van der Waals surface area contributed by atoms with Gasteiger partial charge in [-0.05, 0) is 58.1 Å². The minimum Gasteiger partial charge on any atom is -0.493 e. The summed E-state index contributed by atoms with van der Waals surface area (Å²) >= 11 is 0. The molecule has 0 heterocycles. The summed E-state index contributed by atoms with van der Waals surface area (Å²) in [5.41, 5.74) is 8.38. The Morgan fingerprint density at radius 2 is 1.74 bits per heavy atom. The van der Waals surface area contributed by atoms with E-state index in [0.29, 0.717) is 13.2 Å². The SMILES string of the molecule is Cc1cc(C)c(OCCCCC(C)(O)CN)c(C)c1. The quantitative estimate of drug-likeness (QED) is 0.745. The van der Waals surface area contributed by atoms with Crippen LogP contribution in [0.1, 0.15) is 42.9 Å². The average molecular weight is 265 g/mol. The fourth-order valence-corrected chi connectivity index (χ4v) is 2.28. The van der Waals surface area contributed by atoms with Crippen molar-refractivity contribution in [2.24, 2.45) is 5.73 Å². The molecule has 0 radical (unpaired) electrons. The zero-order chi connectivity index (χ0) is 14.5. The topological polar surface area (TPSA) is 55.5 Å². The van der Waals surface area contributed by atoms with Gasteiger partial charge in [0.25, 0.3) is 0 Å². The van der Waals surface area contributed by atoms with Crippen LogP contribution in [0.3, 0.4) is 0 Å². The highest BCUT2D eigenvalue weighted by atomic mass is 16.5. The van der Waals surface area contributed by atoms with Gasteiger partial charge in [0.1, 0.15) is 5.75 Å². The molecule has 19 heavy (non-hydrogen) atoms. The maximum absolute atomic E-state index is 9.79. The number of hydrogen-bond acceptors (Lipinski definition) is 3. The summed E-state index contributed by atoms with van der Waals surface area (Å²) in [6, 6.07) is 4.28. The van der Waals surface area contributed by atoms with E-state index < -0.39 is 5.60 Å². The molecular weight excluding hydrogens is 238 g/mol. The third-order valence-electron chi connectivity index (χ3n) is 3.40. The maximum atomic E-state index is 9.79. The van der Waals surface area contributed by atoms with Crippen LogP contribution in [-0.2, 0) is 0 Å². The van der Waals surface area contributed by atoms with Crippen LogP contribution in [-0.4, -0.2) is 23.9 Å². The van der Waals surface area contributed by atoms with Gasteiger partial charge in [-0.3, -0.25) is 0 Å². The van der Waals surface area contributed by atoms with Crippen molar-refractivity contribution in [3.8, 4) is 5.75 Å². The molecule has 0 aliphatic carbocycles. The maximum Gasteiger partial charge on any atom is 0.125 e. The Bertz CT molecular complexity index is 390. The average Bonchev–Trinajstić information content (AvgIpc) is 2.31. The molecule has 108 valence electrons. The summed E-state index contributed by atoms with van der Waals surface area (Å²) in [6.45, 7) is 9.03. The minimum absolute atomic E-state index is 0.310. The Labute approximate surface area is 116 Å². The fourth-order valence-electron chi connectivity index (χ4n) is 2.28. The molecule has 1 aromatic rings. The van der Waals surface area contributed by atoms with E-state index in [1.165, 1.54) is 16.7 Å². The lowest BCUT2D eigenvalue weighted by Gasteiger charge is -2.20. The number of hydrogen-bond donors (Lipinski definition) is 2. The standard InChI is InChI=1S/C16H27NO2/c1-12-9-13(2)15(14(3)10-12)19-8-6-5-7-16(4,18)11-17/h9-10,18H,5-8,11,17H2,1-4H3. The zero-order valence-corrected chi connectivity index (χ0v) is 12.6. The number of nitrogens with two attached hydrogens (primary N) is 1. The molecule has 0 aliphatic heterocycles. The van der Waals surface area contributed by atoms with Crippen molar-refractivity contribution in [1.29, 1.82) is 0 Å². The molecular formula is C16H27NO2. The lowest BCUT2D eigenvalue weighted by molar-refractivity contribution is 0.0562. The molecule has 1 unspecified atom stereocenters. The molecule has 1 aromatic carbocycles. The Morgan fingerprint density at radius 1 is 1.16 bits per heavy atom. The first-order valence-corrected chi connectivity index (χ1v) is 6.99. The highest BCUT2D eigenvalue weighted by molar-refractivity contribution is 5.42. The molecule has 0 bridgehead atoms. The first-order chi connectivity index (χ1) is 8.85. The van der Waals surface area contributed by atoms with Gasteiger partial charge in [-0.15, -0.1) is 0 Å². The number of aliphatic hydroxyl groups is 1. The van der Waals surface area contributed by atoms with Gasteiger partial charge in [0, 0.05) is 6.54 Å². The predicted octanol–water partition coefficient (Wildman–Crippen LogP) is 2.87. The van der Waals surface area contributed by atoms with Crippen molar-refractivity contribution >= 4 is 0 Å². The third kappa shape index (κ3) is 5.21. The number of unbranched alkanes of at least 4 members (excludes halogenated alkanes) is 1. The van der Waals surface area contributed by atoms with Crippen molar-refractivity contribution in [3.63, 3.8) is 0 Å². The van der Waals surface area contributed by atoms with E-state index >= 15 is 0 Å². The van der Waals surface area contributed by atoms with Crippen molar-refractivity contribution < 1.29 is 9.84 Å². The summed E-state index contributed by atoms with van der Waals surface area (Å²) in [4.78, 5) is 0. The zero-order valence-electron chi connectivity index (χ0n) is 12.6. The summed E-state index contributed by atoms with van der Waals surface area (Å²) in [6.07, 6.45) is 2.58. The molecule has 3 nitrogen and oxygen atoms in total. The largest absolute Gasteiger partial charge is 0.493 e. The Balaban J connectivity index is 2.38. The fraction of sp³-hybridized carbons (Fsp3) is 0.625. The van der Waals surface area contributed by atoms with Crippen LogP contribution in [0.25, 0.3) is 0 Å². The Kier molecular flexibility index (Phi) is 5.83. The van der Waals surface area contributed by atoms with E-state index in [2.05, 4.69) is 32.9 Å². The Morgan fingerprint density at radius 3 is 2.26 bits per heavy atom. The normalized spacial score (nSPS) is 14.2. The summed E-state index contributed by atoms with van der Waals surface area (Å²) in [5.74, 6) is 0.996. The molecule has 0 aliphatic rings. The van der Waals surface area contributed by atoms with Crippen LogP contribution in [0.2, 0.25) is 0 Å². The molecule has 3 N–H and O–H groups in total. The van der Waals surface area contributed by atoms with Gasteiger partial charge >= 0.3 is 0 Å². The lowest BCUT2D eigenvalue weighted by Crippen LogP contribution is -2.33. The lowest BCUT2D eigenvalue weighted by atomic mass is 9.99. The molecule has 0 amide bonds. The molecule has 1 atom stereocenters. The van der Waals surface area contributed by atoms with E-state index in [0.717, 1.165) is 25.0 Å². The van der Waals surface area contributed by atoms with Crippen LogP contribution in [0.5, 0.6) is 5.75 Å². The molecule has 1 rings (SSSR count). The van der Waals surface area contributed by atoms with E-state index in [1.807, 2.05) is 0 Å². The van der Waals surface area contributed by atoms with E-state index in [1.54, 1.807) is 6.92 Å². The second kappa shape index (κ2) is 6.92. The van der Waals surface area contributed by atoms with Crippen LogP contribution in [0, 0.1) is 20.8 Å². The van der Waals surface area contributed by atoms with Crippen molar-refractivity contribution in [2.45, 2.75) is 52.6 Å². The predicted molar refractivity (Wildman–Crippen MR) is 79.7 cm³/mol. The first-order valence-electron chi connectivity index (χ1n) is 6.99. The molecule has 0 spiro atoms. The number of benzene rings is 1. The van der Waals surface area contributed by atoms with Crippen LogP contribution in [0.4, 0.5) is 0 Å². The van der Waals surface area contributed by atoms with E-state index in [-0.39, 0.29) is 0 Å². The van der Waals surface area contributed by atoms with Gasteiger partial charge in [-0.1, -0.05) is 17.7 Å². The summed E-state index contributed by atoms with van der Waals surface area (Å²) < 4.78 is 5.86. The second-order valence-corrected chi connectivity index (χ2v) is 5.73. The van der Waals surface area contributed by atoms with Gasteiger partial charge < -0.3 is 15.6 Å². The number of aryl methyl sites for hydroxylation is 3. The molecule has 3 heteroatoms. The summed E-state index contributed by atoms with van der Waals surface area (Å²) in [7, 11) is 0. The van der Waals surface area contributed by atoms with E-state index in [4.69, 9.17) is 10.5 Å². The van der Waals surface area contributed by atoms with E-state index in [9.17, 15) is 5.11 Å². The van der Waals surface area contributed by atoms with Crippen molar-refractivity contribution in [3.05, 3.63) is 28.8 Å². The van der Waals surface area contributed by atoms with Gasteiger partial charge in [0.05, 0.1) is 12.2 Å². The highest BCUT2D eigenvalue weighted by Crippen LogP contribution is 2.24. The monoisotopic (exact) mass is 265 g/mol. The molecule has 0 fully saturated rings. The number of rotatable bonds is 7. The molecule has 0 saturated heterocycles. The van der Waals surface area contributed by atoms with Crippen LogP contribution in [0.15, 0.2) is 12.1 Å². The molecule has 0 aromatic heterocycles. The van der Waals surface area contributed by atoms with Gasteiger partial charge in [-0.25, -0.2) is 0 Å². The Hall–Kier alpha value is -1.06.